The van der Waals surface area contributed by atoms with E-state index in [1.165, 1.54) is 12.1 Å². The largest absolute Gasteiger partial charge is 0.508 e. The molecule has 0 bridgehead atoms. The van der Waals surface area contributed by atoms with Gasteiger partial charge in [-0.1, -0.05) is 11.6 Å². The lowest BCUT2D eigenvalue weighted by Crippen LogP contribution is -1.81. The van der Waals surface area contributed by atoms with Gasteiger partial charge in [0.25, 0.3) is 0 Å². The molecule has 11 heavy (non-hydrogen) atoms. The van der Waals surface area contributed by atoms with Gasteiger partial charge in [0.15, 0.2) is 0 Å². The highest BCUT2D eigenvalue weighted by molar-refractivity contribution is 6.32. The molecular formula is C8H6ClNO. The summed E-state index contributed by atoms with van der Waals surface area (Å²) in [6.45, 7) is 1.67. The predicted molar refractivity (Wildman–Crippen MR) is 42.6 cm³/mol. The van der Waals surface area contributed by atoms with Crippen LogP contribution in [-0.2, 0) is 0 Å². The van der Waals surface area contributed by atoms with Crippen molar-refractivity contribution in [2.75, 3.05) is 0 Å². The second kappa shape index (κ2) is 2.81. The van der Waals surface area contributed by atoms with Crippen molar-refractivity contribution in [3.63, 3.8) is 0 Å². The fourth-order valence-corrected chi connectivity index (χ4v) is 0.963. The third-order valence-corrected chi connectivity index (χ3v) is 1.97. The van der Waals surface area contributed by atoms with Gasteiger partial charge in [0.05, 0.1) is 10.6 Å². The van der Waals surface area contributed by atoms with Gasteiger partial charge < -0.3 is 5.11 Å². The molecule has 3 heteroatoms. The zero-order valence-corrected chi connectivity index (χ0v) is 6.68. The first-order valence-electron chi connectivity index (χ1n) is 3.05. The Labute approximate surface area is 69.7 Å². The molecule has 1 aromatic rings. The normalized spacial score (nSPS) is 9.18. The number of hydrogen-bond acceptors (Lipinski definition) is 2. The van der Waals surface area contributed by atoms with Gasteiger partial charge in [-0.15, -0.1) is 0 Å². The summed E-state index contributed by atoms with van der Waals surface area (Å²) >= 11 is 5.72. The van der Waals surface area contributed by atoms with E-state index in [0.717, 1.165) is 0 Å². The number of rotatable bonds is 0. The second-order valence-corrected chi connectivity index (χ2v) is 2.56. The molecule has 2 nitrogen and oxygen atoms in total. The number of benzene rings is 1. The maximum Gasteiger partial charge on any atom is 0.120 e. The van der Waals surface area contributed by atoms with Crippen molar-refractivity contribution in [2.45, 2.75) is 6.92 Å². The molecule has 0 aliphatic carbocycles. The van der Waals surface area contributed by atoms with Crippen LogP contribution in [0.15, 0.2) is 12.1 Å². The maximum absolute atomic E-state index is 9.13. The third kappa shape index (κ3) is 1.28. The summed E-state index contributed by atoms with van der Waals surface area (Å²) in [4.78, 5) is 0. The third-order valence-electron chi connectivity index (χ3n) is 1.48. The monoisotopic (exact) mass is 167 g/mol. The van der Waals surface area contributed by atoms with Gasteiger partial charge in [0, 0.05) is 5.56 Å². The van der Waals surface area contributed by atoms with E-state index in [0.29, 0.717) is 16.1 Å². The smallest absolute Gasteiger partial charge is 0.120 e. The molecule has 0 atom stereocenters. The van der Waals surface area contributed by atoms with Crippen LogP contribution >= 0.6 is 11.6 Å². The van der Waals surface area contributed by atoms with Gasteiger partial charge in [0.1, 0.15) is 11.8 Å². The molecule has 0 heterocycles. The molecule has 0 radical (unpaired) electrons. The number of hydrogen-bond donors (Lipinski definition) is 1. The Morgan fingerprint density at radius 3 is 2.73 bits per heavy atom. The van der Waals surface area contributed by atoms with Gasteiger partial charge in [-0.3, -0.25) is 0 Å². The standard InChI is InChI=1S/C8H6ClNO/c1-5-7(11)3-2-6(4-10)8(5)9/h2-3,11H,1H3. The van der Waals surface area contributed by atoms with Gasteiger partial charge in [-0.2, -0.15) is 5.26 Å². The molecule has 1 aromatic carbocycles. The SMILES string of the molecule is Cc1c(O)ccc(C#N)c1Cl. The lowest BCUT2D eigenvalue weighted by molar-refractivity contribution is 0.471. The van der Waals surface area contributed by atoms with E-state index in [1.807, 2.05) is 6.07 Å². The fraction of sp³-hybridized carbons (Fsp3) is 0.125. The van der Waals surface area contributed by atoms with Crippen LogP contribution in [0.3, 0.4) is 0 Å². The first-order valence-corrected chi connectivity index (χ1v) is 3.42. The Balaban J connectivity index is 3.40. The molecule has 0 aliphatic heterocycles. The molecule has 0 aliphatic rings. The highest BCUT2D eigenvalue weighted by atomic mass is 35.5. The van der Waals surface area contributed by atoms with Gasteiger partial charge >= 0.3 is 0 Å². The van der Waals surface area contributed by atoms with Crippen LogP contribution in [-0.4, -0.2) is 5.11 Å². The molecule has 1 rings (SSSR count). The van der Waals surface area contributed by atoms with Crippen LogP contribution in [0.2, 0.25) is 5.02 Å². The number of phenols is 1. The van der Waals surface area contributed by atoms with Gasteiger partial charge in [-0.25, -0.2) is 0 Å². The van der Waals surface area contributed by atoms with Crippen LogP contribution in [0, 0.1) is 18.3 Å². The van der Waals surface area contributed by atoms with Crippen molar-refractivity contribution in [3.05, 3.63) is 28.3 Å². The van der Waals surface area contributed by atoms with Crippen LogP contribution in [0.25, 0.3) is 0 Å². The fourth-order valence-electron chi connectivity index (χ4n) is 0.761. The van der Waals surface area contributed by atoms with Crippen molar-refractivity contribution in [3.8, 4) is 11.8 Å². The minimum absolute atomic E-state index is 0.119. The highest BCUT2D eigenvalue weighted by Gasteiger charge is 2.05. The Kier molecular flexibility index (Phi) is 2.02. The number of halogens is 1. The van der Waals surface area contributed by atoms with E-state index >= 15 is 0 Å². The van der Waals surface area contributed by atoms with E-state index in [9.17, 15) is 0 Å². The Morgan fingerprint density at radius 1 is 1.55 bits per heavy atom. The summed E-state index contributed by atoms with van der Waals surface area (Å²) in [7, 11) is 0. The Hall–Kier alpha value is -1.20. The molecule has 1 N–H and O–H groups in total. The van der Waals surface area contributed by atoms with E-state index < -0.39 is 0 Å². The highest BCUT2D eigenvalue weighted by Crippen LogP contribution is 2.27. The van der Waals surface area contributed by atoms with E-state index in [-0.39, 0.29) is 5.75 Å². The number of nitriles is 1. The molecule has 0 spiro atoms. The quantitative estimate of drug-likeness (QED) is 0.644. The van der Waals surface area contributed by atoms with Crippen molar-refractivity contribution < 1.29 is 5.11 Å². The first kappa shape index (κ1) is 7.90. The Morgan fingerprint density at radius 2 is 2.18 bits per heavy atom. The minimum Gasteiger partial charge on any atom is -0.508 e. The molecule has 0 aromatic heterocycles. The van der Waals surface area contributed by atoms with E-state index in [4.69, 9.17) is 22.0 Å². The second-order valence-electron chi connectivity index (χ2n) is 2.18. The van der Waals surface area contributed by atoms with Crippen molar-refractivity contribution in [2.24, 2.45) is 0 Å². The summed E-state index contributed by atoms with van der Waals surface area (Å²) in [5.74, 6) is 0.119. The topological polar surface area (TPSA) is 44.0 Å². The van der Waals surface area contributed by atoms with E-state index in [1.54, 1.807) is 6.92 Å². The number of nitrogens with zero attached hydrogens (tertiary/aromatic N) is 1. The van der Waals surface area contributed by atoms with Crippen molar-refractivity contribution >= 4 is 11.6 Å². The molecule has 56 valence electrons. The van der Waals surface area contributed by atoms with E-state index in [2.05, 4.69) is 0 Å². The predicted octanol–water partition coefficient (Wildman–Crippen LogP) is 2.23. The zero-order chi connectivity index (χ0) is 8.43. The first-order chi connectivity index (χ1) is 5.16. The molecular weight excluding hydrogens is 162 g/mol. The molecule has 0 saturated heterocycles. The summed E-state index contributed by atoms with van der Waals surface area (Å²) in [5, 5.41) is 18.0. The van der Waals surface area contributed by atoms with Gasteiger partial charge in [-0.05, 0) is 19.1 Å². The average molecular weight is 168 g/mol. The summed E-state index contributed by atoms with van der Waals surface area (Å²) in [6.07, 6.45) is 0. The van der Waals surface area contributed by atoms with Crippen LogP contribution < -0.4 is 0 Å². The molecule has 0 fully saturated rings. The average Bonchev–Trinajstić information content (AvgIpc) is 2.01. The van der Waals surface area contributed by atoms with Crippen molar-refractivity contribution in [1.29, 1.82) is 5.26 Å². The zero-order valence-electron chi connectivity index (χ0n) is 5.93. The lowest BCUT2D eigenvalue weighted by Gasteiger charge is -2.01. The van der Waals surface area contributed by atoms with Crippen LogP contribution in [0.4, 0.5) is 0 Å². The summed E-state index contributed by atoms with van der Waals surface area (Å²) in [5.41, 5.74) is 0.938. The summed E-state index contributed by atoms with van der Waals surface area (Å²) in [6, 6.07) is 4.87. The van der Waals surface area contributed by atoms with Crippen LogP contribution in [0.1, 0.15) is 11.1 Å². The number of aromatic hydroxyl groups is 1. The molecule has 0 amide bonds. The molecule has 0 saturated carbocycles. The maximum atomic E-state index is 9.13. The summed E-state index contributed by atoms with van der Waals surface area (Å²) < 4.78 is 0. The van der Waals surface area contributed by atoms with Crippen molar-refractivity contribution in [1.82, 2.24) is 0 Å². The lowest BCUT2D eigenvalue weighted by atomic mass is 10.1. The minimum atomic E-state index is 0.119. The molecule has 0 unspecified atom stereocenters. The Bertz CT molecular complexity index is 328. The van der Waals surface area contributed by atoms with Crippen LogP contribution in [0.5, 0.6) is 5.75 Å². The number of phenolic OH excluding ortho intramolecular Hbond substituents is 1. The van der Waals surface area contributed by atoms with Gasteiger partial charge in [0.2, 0.25) is 0 Å².